The summed E-state index contributed by atoms with van der Waals surface area (Å²) in [6, 6.07) is 0. The van der Waals surface area contributed by atoms with Crippen molar-refractivity contribution in [3.05, 3.63) is 11.6 Å². The first-order valence-corrected chi connectivity index (χ1v) is 13.8. The highest BCUT2D eigenvalue weighted by Crippen LogP contribution is 2.75. The van der Waals surface area contributed by atoms with E-state index in [1.165, 1.54) is 25.7 Å². The van der Waals surface area contributed by atoms with Crippen LogP contribution in [0.5, 0.6) is 0 Å². The molecule has 5 aliphatic carbocycles. The highest BCUT2D eigenvalue weighted by atomic mass is 16.3. The third-order valence-electron chi connectivity index (χ3n) is 13.4. The van der Waals surface area contributed by atoms with Gasteiger partial charge in [-0.05, 0) is 108 Å². The Morgan fingerprint density at radius 2 is 1.47 bits per heavy atom. The van der Waals surface area contributed by atoms with E-state index >= 15 is 0 Å². The van der Waals surface area contributed by atoms with Crippen molar-refractivity contribution < 1.29 is 10.2 Å². The van der Waals surface area contributed by atoms with Crippen LogP contribution in [0.3, 0.4) is 0 Å². The molecular weight excluding hydrogens is 392 g/mol. The molecule has 0 unspecified atom stereocenters. The molecule has 4 fully saturated rings. The first kappa shape index (κ1) is 23.4. The van der Waals surface area contributed by atoms with Crippen molar-refractivity contribution in [2.75, 3.05) is 0 Å². The first-order chi connectivity index (χ1) is 14.7. The Balaban J connectivity index is 1.61. The summed E-state index contributed by atoms with van der Waals surface area (Å²) in [7, 11) is 0. The molecule has 5 rings (SSSR count). The monoisotopic (exact) mass is 442 g/mol. The zero-order valence-electron chi connectivity index (χ0n) is 22.2. The van der Waals surface area contributed by atoms with Crippen molar-refractivity contribution in [1.29, 1.82) is 0 Å². The summed E-state index contributed by atoms with van der Waals surface area (Å²) in [6.07, 6.45) is 11.4. The first-order valence-electron chi connectivity index (χ1n) is 13.8. The Kier molecular flexibility index (Phi) is 5.02. The lowest BCUT2D eigenvalue weighted by Gasteiger charge is -2.72. The molecule has 0 radical (unpaired) electrons. The second kappa shape index (κ2) is 6.87. The van der Waals surface area contributed by atoms with Gasteiger partial charge in [0.15, 0.2) is 0 Å². The number of hydrogen-bond acceptors (Lipinski definition) is 2. The normalized spacial score (nSPS) is 59.2. The molecule has 0 saturated heterocycles. The second-order valence-electron chi connectivity index (χ2n) is 14.7. The van der Waals surface area contributed by atoms with Gasteiger partial charge >= 0.3 is 0 Å². The van der Waals surface area contributed by atoms with Crippen molar-refractivity contribution in [1.82, 2.24) is 0 Å². The summed E-state index contributed by atoms with van der Waals surface area (Å²) in [5.74, 6) is 3.16. The molecule has 0 heterocycles. The quantitative estimate of drug-likeness (QED) is 0.397. The fourth-order valence-corrected chi connectivity index (χ4v) is 11.0. The molecule has 32 heavy (non-hydrogen) atoms. The molecule has 0 aliphatic heterocycles. The van der Waals surface area contributed by atoms with E-state index in [1.54, 1.807) is 5.57 Å². The van der Waals surface area contributed by atoms with Gasteiger partial charge in [-0.1, -0.05) is 67.0 Å². The summed E-state index contributed by atoms with van der Waals surface area (Å²) < 4.78 is 0. The number of fused-ring (bicyclic) bond motifs is 7. The van der Waals surface area contributed by atoms with E-state index in [1.807, 2.05) is 0 Å². The maximum Gasteiger partial charge on any atom is 0.0605 e. The van der Waals surface area contributed by atoms with Gasteiger partial charge in [-0.3, -0.25) is 0 Å². The van der Waals surface area contributed by atoms with Crippen LogP contribution in [-0.2, 0) is 0 Å². The molecule has 0 aromatic heterocycles. The molecule has 0 spiro atoms. The minimum atomic E-state index is -0.199. The summed E-state index contributed by atoms with van der Waals surface area (Å²) in [5.41, 5.74) is 2.35. The van der Waals surface area contributed by atoms with Gasteiger partial charge in [-0.2, -0.15) is 0 Å². The second-order valence-corrected chi connectivity index (χ2v) is 14.7. The summed E-state index contributed by atoms with van der Waals surface area (Å²) >= 11 is 0. The number of hydrogen-bond donors (Lipinski definition) is 2. The Bertz CT molecular complexity index is 814. The number of rotatable bonds is 0. The average Bonchev–Trinajstić information content (AvgIpc) is 2.71. The number of allylic oxidation sites excluding steroid dienone is 2. The largest absolute Gasteiger partial charge is 0.393 e. The van der Waals surface area contributed by atoms with Gasteiger partial charge in [0.1, 0.15) is 0 Å². The third-order valence-corrected chi connectivity index (χ3v) is 13.4. The SMILES string of the molecule is C[C@H]1[C@H](C)CC[C@]2(C)[C@H](O)C[C@]3(C)C4=CC[C@H]5C(C)(C)[C@@H](O)CC[C@]5(C)[C@H]4CC[C@@]3(C)[C@H]12. The predicted molar refractivity (Wildman–Crippen MR) is 132 cm³/mol. The number of aliphatic hydroxyl groups is 2. The third kappa shape index (κ3) is 2.61. The highest BCUT2D eigenvalue weighted by molar-refractivity contribution is 5.34. The van der Waals surface area contributed by atoms with Gasteiger partial charge in [0.25, 0.3) is 0 Å². The molecule has 0 amide bonds. The van der Waals surface area contributed by atoms with Gasteiger partial charge in [-0.25, -0.2) is 0 Å². The van der Waals surface area contributed by atoms with Gasteiger partial charge in [0.05, 0.1) is 12.2 Å². The van der Waals surface area contributed by atoms with Gasteiger partial charge in [0, 0.05) is 0 Å². The van der Waals surface area contributed by atoms with Gasteiger partial charge in [-0.15, -0.1) is 0 Å². The molecule has 0 bridgehead atoms. The van der Waals surface area contributed by atoms with E-state index in [-0.39, 0.29) is 39.3 Å². The fraction of sp³-hybridized carbons (Fsp3) is 0.933. The molecule has 11 atom stereocenters. The van der Waals surface area contributed by atoms with Crippen LogP contribution in [0.15, 0.2) is 11.6 Å². The van der Waals surface area contributed by atoms with Crippen LogP contribution in [0.1, 0.15) is 107 Å². The van der Waals surface area contributed by atoms with E-state index in [4.69, 9.17) is 0 Å². The topological polar surface area (TPSA) is 40.5 Å². The summed E-state index contributed by atoms with van der Waals surface area (Å²) in [4.78, 5) is 0. The van der Waals surface area contributed by atoms with Crippen molar-refractivity contribution in [3.8, 4) is 0 Å². The Hall–Kier alpha value is -0.340. The lowest BCUT2D eigenvalue weighted by molar-refractivity contribution is -0.226. The van der Waals surface area contributed by atoms with Crippen LogP contribution >= 0.6 is 0 Å². The minimum absolute atomic E-state index is 0.0192. The van der Waals surface area contributed by atoms with Crippen LogP contribution < -0.4 is 0 Å². The zero-order valence-corrected chi connectivity index (χ0v) is 22.2. The van der Waals surface area contributed by atoms with Crippen molar-refractivity contribution in [2.24, 2.45) is 56.7 Å². The highest BCUT2D eigenvalue weighted by Gasteiger charge is 2.69. The van der Waals surface area contributed by atoms with Crippen LogP contribution in [0.2, 0.25) is 0 Å². The molecular formula is C30H50O2. The molecule has 0 aromatic carbocycles. The van der Waals surface area contributed by atoms with E-state index in [9.17, 15) is 10.2 Å². The standard InChI is InChI=1S/C30H50O2/c1-18-11-14-28(6)24(32)17-30(8)21-9-10-22-26(3,4)23(31)13-15-27(22,5)20(21)12-16-29(30,7)25(28)19(18)2/h9,18-20,22-25,31-32H,10-17H2,1-8H3/t18-,19+,20+,22+,23+,24-,25-,27-,28-,29+,30-/m1/s1. The van der Waals surface area contributed by atoms with E-state index in [0.29, 0.717) is 23.7 Å². The Labute approximate surface area is 197 Å². The van der Waals surface area contributed by atoms with E-state index in [2.05, 4.69) is 61.5 Å². The van der Waals surface area contributed by atoms with Crippen LogP contribution in [0.4, 0.5) is 0 Å². The summed E-state index contributed by atoms with van der Waals surface area (Å²) in [5, 5.41) is 22.6. The molecule has 0 aromatic rings. The Morgan fingerprint density at radius 3 is 2.16 bits per heavy atom. The van der Waals surface area contributed by atoms with Crippen LogP contribution in [-0.4, -0.2) is 22.4 Å². The minimum Gasteiger partial charge on any atom is -0.393 e. The molecule has 2 N–H and O–H groups in total. The smallest absolute Gasteiger partial charge is 0.0605 e. The lowest BCUT2D eigenvalue weighted by atomic mass is 9.33. The Morgan fingerprint density at radius 1 is 0.812 bits per heavy atom. The molecule has 4 saturated carbocycles. The van der Waals surface area contributed by atoms with Crippen molar-refractivity contribution in [3.63, 3.8) is 0 Å². The lowest BCUT2D eigenvalue weighted by Crippen LogP contribution is -2.67. The molecule has 182 valence electrons. The molecule has 5 aliphatic rings. The summed E-state index contributed by atoms with van der Waals surface area (Å²) in [6.45, 7) is 19.7. The van der Waals surface area contributed by atoms with Crippen LogP contribution in [0, 0.1) is 56.7 Å². The maximum atomic E-state index is 11.7. The van der Waals surface area contributed by atoms with Crippen molar-refractivity contribution in [2.45, 2.75) is 119 Å². The van der Waals surface area contributed by atoms with Gasteiger partial charge < -0.3 is 10.2 Å². The molecule has 2 nitrogen and oxygen atoms in total. The maximum absolute atomic E-state index is 11.7. The van der Waals surface area contributed by atoms with E-state index in [0.717, 1.165) is 31.6 Å². The fourth-order valence-electron chi connectivity index (χ4n) is 11.0. The van der Waals surface area contributed by atoms with Gasteiger partial charge in [0.2, 0.25) is 0 Å². The van der Waals surface area contributed by atoms with Crippen molar-refractivity contribution >= 4 is 0 Å². The van der Waals surface area contributed by atoms with Crippen LogP contribution in [0.25, 0.3) is 0 Å². The predicted octanol–water partition coefficient (Wildman–Crippen LogP) is 7.00. The average molecular weight is 443 g/mol. The molecule has 2 heteroatoms. The number of aliphatic hydroxyl groups excluding tert-OH is 2. The van der Waals surface area contributed by atoms with E-state index < -0.39 is 0 Å². The zero-order chi connectivity index (χ0) is 23.5.